The van der Waals surface area contributed by atoms with Gasteiger partial charge in [0.25, 0.3) is 0 Å². The van der Waals surface area contributed by atoms with Crippen LogP contribution in [-0.2, 0) is 0 Å². The second-order valence-corrected chi connectivity index (χ2v) is 18.5. The van der Waals surface area contributed by atoms with Gasteiger partial charge in [-0.05, 0) is 108 Å². The van der Waals surface area contributed by atoms with Gasteiger partial charge in [0, 0.05) is 60.0 Å². The maximum absolute atomic E-state index is 6.54. The number of furan rings is 2. The van der Waals surface area contributed by atoms with Crippen molar-refractivity contribution in [2.45, 2.75) is 0 Å². The minimum atomic E-state index is 0.889. The molecule has 0 unspecified atom stereocenters. The van der Waals surface area contributed by atoms with Gasteiger partial charge >= 0.3 is 0 Å². The second kappa shape index (κ2) is 15.5. The summed E-state index contributed by atoms with van der Waals surface area (Å²) in [5, 5.41) is 9.34. The van der Waals surface area contributed by atoms with Crippen LogP contribution in [0.15, 0.2) is 258 Å². The Hall–Kier alpha value is -9.58. The van der Waals surface area contributed by atoms with Gasteiger partial charge in [0.2, 0.25) is 0 Å². The molecular weight excluding hydrogens is 867 g/mol. The van der Waals surface area contributed by atoms with Gasteiger partial charge in [-0.1, -0.05) is 158 Å². The molecule has 11 aromatic carbocycles. The molecule has 5 nitrogen and oxygen atoms in total. The number of rotatable bonds is 7. The summed E-state index contributed by atoms with van der Waals surface area (Å²) in [5.74, 6) is 0. The van der Waals surface area contributed by atoms with Gasteiger partial charge in [-0.15, -0.1) is 0 Å². The fourth-order valence-corrected chi connectivity index (χ4v) is 11.3. The zero-order chi connectivity index (χ0) is 46.6. The molecule has 0 saturated carbocycles. The van der Waals surface area contributed by atoms with Crippen molar-refractivity contribution in [3.05, 3.63) is 249 Å². The first-order valence-corrected chi connectivity index (χ1v) is 24.1. The van der Waals surface area contributed by atoms with Crippen LogP contribution in [0, 0.1) is 0 Å². The molecule has 0 fully saturated rings. The van der Waals surface area contributed by atoms with Crippen molar-refractivity contribution in [2.24, 2.45) is 0 Å². The molecule has 0 amide bonds. The Balaban J connectivity index is 0.960. The molecule has 15 aromatic rings. The Bertz CT molecular complexity index is 4350. The number of para-hydroxylation sites is 7. The van der Waals surface area contributed by atoms with Crippen LogP contribution in [0.1, 0.15) is 0 Å². The van der Waals surface area contributed by atoms with Crippen molar-refractivity contribution in [3.8, 4) is 33.6 Å². The van der Waals surface area contributed by atoms with Gasteiger partial charge in [-0.2, -0.15) is 0 Å². The Kier molecular flexibility index (Phi) is 8.59. The normalized spacial score (nSPS) is 11.9. The lowest BCUT2D eigenvalue weighted by Crippen LogP contribution is -2.12. The molecule has 4 heterocycles. The summed E-state index contributed by atoms with van der Waals surface area (Å²) in [6.45, 7) is 0. The molecule has 0 aliphatic heterocycles. The SMILES string of the molecule is c1ccc2c(c1)oc1ccc(-c3ccc(N(c4ccc(-c5cccc6c5oc5ccccc56)cc4)c4cc(-n5c6ccccc6c6ccccc65)cc(-n5c6ccccc6c6ccccc65)c4)cc3)cc12. The number of hydrogen-bond acceptors (Lipinski definition) is 3. The summed E-state index contributed by atoms with van der Waals surface area (Å²) in [7, 11) is 0. The van der Waals surface area contributed by atoms with Crippen molar-refractivity contribution in [1.29, 1.82) is 0 Å². The molecular formula is C66H41N3O2. The highest BCUT2D eigenvalue weighted by Gasteiger charge is 2.22. The molecule has 4 aromatic heterocycles. The first-order valence-electron chi connectivity index (χ1n) is 24.1. The minimum Gasteiger partial charge on any atom is -0.456 e. The van der Waals surface area contributed by atoms with Gasteiger partial charge in [-0.25, -0.2) is 0 Å². The predicted octanol–water partition coefficient (Wildman–Crippen LogP) is 18.5. The number of nitrogens with zero attached hydrogens (tertiary/aromatic N) is 3. The molecule has 0 bridgehead atoms. The number of anilines is 3. The quantitative estimate of drug-likeness (QED) is 0.160. The van der Waals surface area contributed by atoms with E-state index in [0.29, 0.717) is 0 Å². The van der Waals surface area contributed by atoms with Crippen molar-refractivity contribution >= 4 is 105 Å². The van der Waals surface area contributed by atoms with Crippen molar-refractivity contribution in [3.63, 3.8) is 0 Å². The molecule has 0 aliphatic carbocycles. The highest BCUT2D eigenvalue weighted by molar-refractivity contribution is 6.12. The van der Waals surface area contributed by atoms with Crippen LogP contribution >= 0.6 is 0 Å². The van der Waals surface area contributed by atoms with Gasteiger partial charge in [0.1, 0.15) is 22.3 Å². The maximum Gasteiger partial charge on any atom is 0.143 e. The fraction of sp³-hybridized carbons (Fsp3) is 0. The minimum absolute atomic E-state index is 0.889. The van der Waals surface area contributed by atoms with E-state index in [1.807, 2.05) is 24.3 Å². The smallest absolute Gasteiger partial charge is 0.143 e. The number of fused-ring (bicyclic) bond motifs is 12. The van der Waals surface area contributed by atoms with E-state index in [2.05, 4.69) is 238 Å². The lowest BCUT2D eigenvalue weighted by molar-refractivity contribution is 0.669. The van der Waals surface area contributed by atoms with E-state index in [9.17, 15) is 0 Å². The van der Waals surface area contributed by atoms with E-state index in [-0.39, 0.29) is 0 Å². The van der Waals surface area contributed by atoms with Gasteiger partial charge < -0.3 is 22.9 Å². The largest absolute Gasteiger partial charge is 0.456 e. The monoisotopic (exact) mass is 907 g/mol. The third-order valence-corrected chi connectivity index (χ3v) is 14.5. The molecule has 71 heavy (non-hydrogen) atoms. The highest BCUT2D eigenvalue weighted by atomic mass is 16.3. The standard InChI is InChI=1S/C66H41N3O2/c1-7-22-59-51(14-1)52-15-2-8-23-60(52)68(59)48-39-47(40-49(41-48)69-61-24-9-3-16-53(61)54-17-4-10-25-62(54)69)67(45-33-28-42(29-34-45)44-32-37-65-58(38-44)56-19-6-11-26-63(56)70-65)46-35-30-43(31-36-46)50-20-13-21-57-55-18-5-12-27-64(55)71-66(50)57/h1-41H. The van der Waals surface area contributed by atoms with Crippen molar-refractivity contribution in [1.82, 2.24) is 9.13 Å². The van der Waals surface area contributed by atoms with Crippen LogP contribution in [0.5, 0.6) is 0 Å². The highest BCUT2D eigenvalue weighted by Crippen LogP contribution is 2.44. The number of benzene rings is 11. The zero-order valence-corrected chi connectivity index (χ0v) is 38.3. The number of aromatic nitrogens is 2. The second-order valence-electron chi connectivity index (χ2n) is 18.5. The van der Waals surface area contributed by atoms with E-state index in [4.69, 9.17) is 8.83 Å². The average molecular weight is 908 g/mol. The third-order valence-electron chi connectivity index (χ3n) is 14.5. The molecule has 15 rings (SSSR count). The molecule has 332 valence electrons. The topological polar surface area (TPSA) is 39.4 Å². The van der Waals surface area contributed by atoms with Crippen LogP contribution in [0.3, 0.4) is 0 Å². The summed E-state index contributed by atoms with van der Waals surface area (Å²) in [5.41, 5.74) is 17.8. The van der Waals surface area contributed by atoms with Crippen LogP contribution in [0.2, 0.25) is 0 Å². The summed E-state index contributed by atoms with van der Waals surface area (Å²) in [4.78, 5) is 2.40. The van der Waals surface area contributed by atoms with Crippen LogP contribution in [-0.4, -0.2) is 9.13 Å². The summed E-state index contributed by atoms with van der Waals surface area (Å²) in [6, 6.07) is 89.5. The number of hydrogen-bond donors (Lipinski definition) is 0. The van der Waals surface area contributed by atoms with E-state index in [0.717, 1.165) is 117 Å². The predicted molar refractivity (Wildman–Crippen MR) is 295 cm³/mol. The molecule has 0 spiro atoms. The van der Waals surface area contributed by atoms with E-state index < -0.39 is 0 Å². The lowest BCUT2D eigenvalue weighted by atomic mass is 10.0. The van der Waals surface area contributed by atoms with Crippen LogP contribution in [0.25, 0.3) is 121 Å². The average Bonchev–Trinajstić information content (AvgIpc) is 4.19. The summed E-state index contributed by atoms with van der Waals surface area (Å²) < 4.78 is 17.6. The van der Waals surface area contributed by atoms with Gasteiger partial charge in [0.05, 0.1) is 39.1 Å². The molecule has 0 N–H and O–H groups in total. The maximum atomic E-state index is 6.54. The summed E-state index contributed by atoms with van der Waals surface area (Å²) >= 11 is 0. The molecule has 5 heteroatoms. The van der Waals surface area contributed by atoms with Gasteiger partial charge in [-0.3, -0.25) is 0 Å². The van der Waals surface area contributed by atoms with Crippen molar-refractivity contribution < 1.29 is 8.83 Å². The van der Waals surface area contributed by atoms with E-state index >= 15 is 0 Å². The zero-order valence-electron chi connectivity index (χ0n) is 38.3. The van der Waals surface area contributed by atoms with Crippen molar-refractivity contribution in [2.75, 3.05) is 4.90 Å². The third kappa shape index (κ3) is 6.13. The Morgan fingerprint density at radius 1 is 0.268 bits per heavy atom. The van der Waals surface area contributed by atoms with Gasteiger partial charge in [0.15, 0.2) is 0 Å². The first-order chi connectivity index (χ1) is 35.2. The van der Waals surface area contributed by atoms with Crippen LogP contribution < -0.4 is 4.90 Å². The molecule has 0 radical (unpaired) electrons. The lowest BCUT2D eigenvalue weighted by Gasteiger charge is -2.28. The van der Waals surface area contributed by atoms with E-state index in [1.165, 1.54) is 21.5 Å². The fourth-order valence-electron chi connectivity index (χ4n) is 11.3. The molecule has 0 aliphatic rings. The molecule has 0 atom stereocenters. The first kappa shape index (κ1) is 39.4. The Morgan fingerprint density at radius 2 is 0.690 bits per heavy atom. The van der Waals surface area contributed by atoms with E-state index in [1.54, 1.807) is 0 Å². The molecule has 0 saturated heterocycles. The Labute approximate surface area is 407 Å². The van der Waals surface area contributed by atoms with Crippen LogP contribution in [0.4, 0.5) is 17.1 Å². The summed E-state index contributed by atoms with van der Waals surface area (Å²) in [6.07, 6.45) is 0. The Morgan fingerprint density at radius 3 is 1.24 bits per heavy atom.